The first-order valence-corrected chi connectivity index (χ1v) is 8.71. The molecule has 9 heteroatoms. The van der Waals surface area contributed by atoms with Crippen LogP contribution >= 0.6 is 0 Å². The molecule has 0 fully saturated rings. The van der Waals surface area contributed by atoms with E-state index in [0.717, 1.165) is 18.3 Å². The van der Waals surface area contributed by atoms with Crippen LogP contribution in [0.3, 0.4) is 0 Å². The number of nitrogens with one attached hydrogen (secondary N) is 2. The zero-order valence-corrected chi connectivity index (χ0v) is 15.5. The number of rotatable bonds is 6. The molecule has 2 amide bonds. The van der Waals surface area contributed by atoms with Crippen LogP contribution in [0.15, 0.2) is 77.9 Å². The summed E-state index contributed by atoms with van der Waals surface area (Å²) in [5.41, 5.74) is 3.46. The molecule has 0 aliphatic heterocycles. The molecule has 0 unspecified atom stereocenters. The lowest BCUT2D eigenvalue weighted by atomic mass is 10.1. The predicted molar refractivity (Wildman–Crippen MR) is 111 cm³/mol. The fourth-order valence-electron chi connectivity index (χ4n) is 2.48. The van der Waals surface area contributed by atoms with Crippen LogP contribution in [0.1, 0.15) is 26.3 Å². The van der Waals surface area contributed by atoms with Crippen molar-refractivity contribution >= 4 is 29.4 Å². The van der Waals surface area contributed by atoms with Gasteiger partial charge >= 0.3 is 0 Å². The first-order valence-electron chi connectivity index (χ1n) is 8.71. The Hall–Kier alpha value is -4.53. The van der Waals surface area contributed by atoms with Gasteiger partial charge in [0.15, 0.2) is 0 Å². The molecule has 0 radical (unpaired) electrons. The number of amides is 2. The summed E-state index contributed by atoms with van der Waals surface area (Å²) in [6.07, 6.45) is 1.11. The summed E-state index contributed by atoms with van der Waals surface area (Å²) in [6, 6.07) is 18.3. The zero-order chi connectivity index (χ0) is 21.5. The molecule has 0 saturated carbocycles. The molecule has 9 nitrogen and oxygen atoms in total. The summed E-state index contributed by atoms with van der Waals surface area (Å²) < 4.78 is 0. The molecule has 0 bridgehead atoms. The zero-order valence-electron chi connectivity index (χ0n) is 15.5. The molecule has 0 atom stereocenters. The highest BCUT2D eigenvalue weighted by Gasteiger charge is 2.10. The molecule has 3 N–H and O–H groups in total. The fraction of sp³-hybridized carbons (Fsp3) is 0. The van der Waals surface area contributed by atoms with E-state index < -0.39 is 10.8 Å². The van der Waals surface area contributed by atoms with Crippen molar-refractivity contribution in [2.24, 2.45) is 5.10 Å². The van der Waals surface area contributed by atoms with Gasteiger partial charge in [-0.3, -0.25) is 19.7 Å². The van der Waals surface area contributed by atoms with Crippen LogP contribution in [0.25, 0.3) is 0 Å². The number of anilines is 1. The normalized spacial score (nSPS) is 10.5. The highest BCUT2D eigenvalue weighted by molar-refractivity contribution is 6.04. The number of carbonyl (C=O) groups excluding carboxylic acids is 2. The van der Waals surface area contributed by atoms with Crippen molar-refractivity contribution in [1.82, 2.24) is 5.43 Å². The first kappa shape index (κ1) is 20.2. The minimum Gasteiger partial charge on any atom is -0.507 e. The van der Waals surface area contributed by atoms with Crippen LogP contribution in [0.4, 0.5) is 11.4 Å². The Labute approximate surface area is 170 Å². The minimum absolute atomic E-state index is 0.0865. The number of hydrogen-bond acceptors (Lipinski definition) is 6. The van der Waals surface area contributed by atoms with Crippen molar-refractivity contribution in [3.8, 4) is 5.75 Å². The molecular weight excluding hydrogens is 388 g/mol. The van der Waals surface area contributed by atoms with Gasteiger partial charge in [0, 0.05) is 34.5 Å². The van der Waals surface area contributed by atoms with Crippen LogP contribution < -0.4 is 10.7 Å². The van der Waals surface area contributed by atoms with Gasteiger partial charge < -0.3 is 10.4 Å². The fourth-order valence-corrected chi connectivity index (χ4v) is 2.48. The second-order valence-corrected chi connectivity index (χ2v) is 6.10. The summed E-state index contributed by atoms with van der Waals surface area (Å²) in [7, 11) is 0. The van der Waals surface area contributed by atoms with E-state index in [9.17, 15) is 24.8 Å². The van der Waals surface area contributed by atoms with Gasteiger partial charge in [-0.1, -0.05) is 18.2 Å². The van der Waals surface area contributed by atoms with Gasteiger partial charge in [-0.15, -0.1) is 0 Å². The van der Waals surface area contributed by atoms with Gasteiger partial charge in [0.25, 0.3) is 17.5 Å². The number of nitro groups is 1. The molecule has 0 saturated heterocycles. The number of phenols is 1. The van der Waals surface area contributed by atoms with E-state index in [4.69, 9.17) is 0 Å². The average Bonchev–Trinajstić information content (AvgIpc) is 2.76. The lowest BCUT2D eigenvalue weighted by molar-refractivity contribution is -0.384. The number of benzene rings is 3. The summed E-state index contributed by atoms with van der Waals surface area (Å²) in [4.78, 5) is 34.5. The highest BCUT2D eigenvalue weighted by atomic mass is 16.6. The Bertz CT molecular complexity index is 1110. The number of carbonyl (C=O) groups is 2. The number of hydrazone groups is 1. The van der Waals surface area contributed by atoms with Crippen LogP contribution in [0.2, 0.25) is 0 Å². The maximum atomic E-state index is 12.2. The third kappa shape index (κ3) is 5.04. The lowest BCUT2D eigenvalue weighted by Crippen LogP contribution is -2.18. The smallest absolute Gasteiger partial charge is 0.271 e. The molecule has 3 aromatic rings. The molecule has 3 aromatic carbocycles. The molecule has 0 heterocycles. The third-order valence-electron chi connectivity index (χ3n) is 4.03. The molecule has 30 heavy (non-hydrogen) atoms. The molecule has 3 rings (SSSR count). The van der Waals surface area contributed by atoms with Gasteiger partial charge in [-0.25, -0.2) is 5.43 Å². The van der Waals surface area contributed by atoms with Gasteiger partial charge in [0.1, 0.15) is 5.75 Å². The Morgan fingerprint density at radius 2 is 1.60 bits per heavy atom. The van der Waals surface area contributed by atoms with Crippen molar-refractivity contribution in [3.05, 3.63) is 99.6 Å². The van der Waals surface area contributed by atoms with E-state index in [1.165, 1.54) is 18.2 Å². The maximum Gasteiger partial charge on any atom is 0.271 e. The average molecular weight is 404 g/mol. The van der Waals surface area contributed by atoms with Crippen LogP contribution in [-0.4, -0.2) is 28.1 Å². The highest BCUT2D eigenvalue weighted by Crippen LogP contribution is 2.21. The van der Waals surface area contributed by atoms with Crippen LogP contribution in [-0.2, 0) is 0 Å². The standard InChI is InChI=1S/C21H16N4O5/c26-19-11-10-18(25(29)30)12-16(19)13-22-24-21(28)15-6-8-17(9-7-15)23-20(27)14-4-2-1-3-5-14/h1-13,26H,(H,23,27)(H,24,28)/b22-13+. The number of hydrogen-bond donors (Lipinski definition) is 3. The van der Waals surface area contributed by atoms with Gasteiger partial charge in [0.2, 0.25) is 0 Å². The van der Waals surface area contributed by atoms with Crippen molar-refractivity contribution in [2.75, 3.05) is 5.32 Å². The van der Waals surface area contributed by atoms with Crippen molar-refractivity contribution in [3.63, 3.8) is 0 Å². The molecule has 0 spiro atoms. The molecule has 0 aliphatic carbocycles. The summed E-state index contributed by atoms with van der Waals surface area (Å²) in [6.45, 7) is 0. The second kappa shape index (κ2) is 9.11. The van der Waals surface area contributed by atoms with Crippen LogP contribution in [0, 0.1) is 10.1 Å². The van der Waals surface area contributed by atoms with E-state index in [1.807, 2.05) is 6.07 Å². The maximum absolute atomic E-state index is 12.2. The molecule has 0 aromatic heterocycles. The van der Waals surface area contributed by atoms with E-state index in [0.29, 0.717) is 11.3 Å². The number of phenolic OH excluding ortho intramolecular Hbond substituents is 1. The number of aromatic hydroxyl groups is 1. The van der Waals surface area contributed by atoms with Crippen molar-refractivity contribution in [2.45, 2.75) is 0 Å². The van der Waals surface area contributed by atoms with E-state index in [-0.39, 0.29) is 28.5 Å². The van der Waals surface area contributed by atoms with Gasteiger partial charge in [-0.05, 0) is 42.5 Å². The lowest BCUT2D eigenvalue weighted by Gasteiger charge is -2.06. The number of nitrogens with zero attached hydrogens (tertiary/aromatic N) is 2. The van der Waals surface area contributed by atoms with Gasteiger partial charge in [0.05, 0.1) is 11.1 Å². The Morgan fingerprint density at radius 3 is 2.27 bits per heavy atom. The monoisotopic (exact) mass is 404 g/mol. The SMILES string of the molecule is O=C(N/N=C/c1cc([N+](=O)[O-])ccc1O)c1ccc(NC(=O)c2ccccc2)cc1. The number of nitro benzene ring substituents is 1. The minimum atomic E-state index is -0.604. The molecular formula is C21H16N4O5. The Balaban J connectivity index is 1.61. The topological polar surface area (TPSA) is 134 Å². The second-order valence-electron chi connectivity index (χ2n) is 6.10. The summed E-state index contributed by atoms with van der Waals surface area (Å²) in [5, 5.41) is 27.0. The summed E-state index contributed by atoms with van der Waals surface area (Å²) in [5.74, 6) is -1.01. The number of non-ortho nitro benzene ring substituents is 1. The van der Waals surface area contributed by atoms with E-state index in [1.54, 1.807) is 36.4 Å². The van der Waals surface area contributed by atoms with Gasteiger partial charge in [-0.2, -0.15) is 5.10 Å². The Morgan fingerprint density at radius 1 is 0.933 bits per heavy atom. The third-order valence-corrected chi connectivity index (χ3v) is 4.03. The summed E-state index contributed by atoms with van der Waals surface area (Å²) >= 11 is 0. The first-order chi connectivity index (χ1) is 14.4. The molecule has 0 aliphatic rings. The van der Waals surface area contributed by atoms with E-state index >= 15 is 0 Å². The quantitative estimate of drug-likeness (QED) is 0.329. The molecule has 150 valence electrons. The predicted octanol–water partition coefficient (Wildman–Crippen LogP) is 3.32. The van der Waals surface area contributed by atoms with Crippen LogP contribution in [0.5, 0.6) is 5.75 Å². The van der Waals surface area contributed by atoms with Crippen molar-refractivity contribution in [1.29, 1.82) is 0 Å². The van der Waals surface area contributed by atoms with Crippen molar-refractivity contribution < 1.29 is 19.6 Å². The largest absolute Gasteiger partial charge is 0.507 e. The van der Waals surface area contributed by atoms with E-state index in [2.05, 4.69) is 15.8 Å². The Kier molecular flexibility index (Phi) is 6.14.